The van der Waals surface area contributed by atoms with Crippen molar-refractivity contribution < 1.29 is 23.0 Å². The second-order valence-corrected chi connectivity index (χ2v) is 5.29. The van der Waals surface area contributed by atoms with Gasteiger partial charge in [0.15, 0.2) is 0 Å². The molecule has 0 amide bonds. The lowest BCUT2D eigenvalue weighted by molar-refractivity contribution is -0.139. The van der Waals surface area contributed by atoms with Crippen molar-refractivity contribution in [2.24, 2.45) is 0 Å². The van der Waals surface area contributed by atoms with Gasteiger partial charge in [-0.15, -0.1) is 0 Å². The number of ether oxygens (including phenoxy) is 1. The molecule has 0 heterocycles. The summed E-state index contributed by atoms with van der Waals surface area (Å²) in [6.45, 7) is 0. The molecule has 0 aliphatic heterocycles. The predicted octanol–water partition coefficient (Wildman–Crippen LogP) is 4.56. The first kappa shape index (κ1) is 15.9. The first-order valence-electron chi connectivity index (χ1n) is 6.02. The Morgan fingerprint density at radius 1 is 1.10 bits per heavy atom. The molecule has 2 aromatic carbocycles. The van der Waals surface area contributed by atoms with Gasteiger partial charge in [-0.05, 0) is 23.8 Å². The summed E-state index contributed by atoms with van der Waals surface area (Å²) in [5.74, 6) is 0.334. The number of hydrogen-bond donors (Lipinski definition) is 1. The van der Waals surface area contributed by atoms with E-state index in [4.69, 9.17) is 4.74 Å². The van der Waals surface area contributed by atoms with Crippen LogP contribution in [0.3, 0.4) is 0 Å². The van der Waals surface area contributed by atoms with Crippen LogP contribution in [0.15, 0.2) is 46.9 Å². The highest BCUT2D eigenvalue weighted by Gasteiger charge is 2.35. The number of aliphatic hydroxyl groups excluding tert-OH is 1. The van der Waals surface area contributed by atoms with E-state index in [0.29, 0.717) is 10.2 Å². The Kier molecular flexibility index (Phi) is 4.58. The fourth-order valence-corrected chi connectivity index (χ4v) is 2.43. The topological polar surface area (TPSA) is 29.5 Å². The maximum Gasteiger partial charge on any atom is 0.416 e. The molecule has 6 heteroatoms. The zero-order valence-corrected chi connectivity index (χ0v) is 12.6. The van der Waals surface area contributed by atoms with Crippen molar-refractivity contribution in [3.05, 3.63) is 63.6 Å². The molecule has 2 nitrogen and oxygen atoms in total. The third-order valence-corrected chi connectivity index (χ3v) is 3.54. The molecule has 0 aliphatic rings. The van der Waals surface area contributed by atoms with E-state index in [1.807, 2.05) is 0 Å². The summed E-state index contributed by atoms with van der Waals surface area (Å²) >= 11 is 3.02. The first-order valence-corrected chi connectivity index (χ1v) is 6.81. The third-order valence-electron chi connectivity index (χ3n) is 3.05. The molecule has 0 radical (unpaired) electrons. The number of aliphatic hydroxyl groups is 1. The minimum atomic E-state index is -4.55. The van der Waals surface area contributed by atoms with Crippen molar-refractivity contribution in [3.8, 4) is 5.75 Å². The summed E-state index contributed by atoms with van der Waals surface area (Å²) in [5, 5.41) is 10.3. The Morgan fingerprint density at radius 3 is 2.38 bits per heavy atom. The van der Waals surface area contributed by atoms with Gasteiger partial charge < -0.3 is 9.84 Å². The third kappa shape index (κ3) is 3.39. The van der Waals surface area contributed by atoms with Crippen molar-refractivity contribution in [2.45, 2.75) is 12.3 Å². The Morgan fingerprint density at radius 2 is 1.76 bits per heavy atom. The van der Waals surface area contributed by atoms with Gasteiger partial charge in [0, 0.05) is 10.0 Å². The Bertz CT molecular complexity index is 641. The van der Waals surface area contributed by atoms with Gasteiger partial charge in [-0.1, -0.05) is 40.2 Å². The van der Waals surface area contributed by atoms with Crippen molar-refractivity contribution in [3.63, 3.8) is 0 Å². The Labute approximate surface area is 128 Å². The van der Waals surface area contributed by atoms with Gasteiger partial charge >= 0.3 is 6.18 Å². The summed E-state index contributed by atoms with van der Waals surface area (Å²) in [6.07, 6.45) is -5.98. The fraction of sp³-hybridized carbons (Fsp3) is 0.200. The molecule has 0 saturated carbocycles. The Balaban J connectivity index is 2.56. The summed E-state index contributed by atoms with van der Waals surface area (Å²) < 4.78 is 44.8. The molecule has 0 spiro atoms. The molecule has 2 aromatic rings. The molecule has 1 unspecified atom stereocenters. The molecule has 0 bridgehead atoms. The van der Waals surface area contributed by atoms with Crippen LogP contribution in [0.2, 0.25) is 0 Å². The van der Waals surface area contributed by atoms with E-state index in [1.54, 1.807) is 18.2 Å². The van der Waals surface area contributed by atoms with E-state index in [-0.39, 0.29) is 11.1 Å². The molecule has 1 N–H and O–H groups in total. The molecule has 0 fully saturated rings. The molecular weight excluding hydrogens is 349 g/mol. The number of halogens is 4. The summed E-state index contributed by atoms with van der Waals surface area (Å²) in [4.78, 5) is 0. The average Bonchev–Trinajstić information content (AvgIpc) is 2.45. The van der Waals surface area contributed by atoms with Gasteiger partial charge in [-0.25, -0.2) is 0 Å². The highest BCUT2D eigenvalue weighted by atomic mass is 79.9. The van der Waals surface area contributed by atoms with Crippen LogP contribution < -0.4 is 4.74 Å². The largest absolute Gasteiger partial charge is 0.496 e. The SMILES string of the molecule is COc1ccccc1C(O)c1ccc(Br)cc1C(F)(F)F. The van der Waals surface area contributed by atoms with Crippen LogP contribution in [-0.4, -0.2) is 12.2 Å². The molecule has 1 atom stereocenters. The second kappa shape index (κ2) is 6.07. The summed E-state index contributed by atoms with van der Waals surface area (Å²) in [7, 11) is 1.40. The lowest BCUT2D eigenvalue weighted by Gasteiger charge is -2.19. The van der Waals surface area contributed by atoms with Gasteiger partial charge in [0.2, 0.25) is 0 Å². The van der Waals surface area contributed by atoms with E-state index < -0.39 is 17.8 Å². The number of benzene rings is 2. The van der Waals surface area contributed by atoms with Crippen LogP contribution >= 0.6 is 15.9 Å². The second-order valence-electron chi connectivity index (χ2n) is 4.37. The Hall–Kier alpha value is -1.53. The molecular formula is C15H12BrF3O2. The summed E-state index contributed by atoms with van der Waals surface area (Å²) in [6, 6.07) is 10.1. The zero-order valence-electron chi connectivity index (χ0n) is 11.0. The van der Waals surface area contributed by atoms with Crippen molar-refractivity contribution >= 4 is 15.9 Å². The van der Waals surface area contributed by atoms with Crippen molar-refractivity contribution in [1.82, 2.24) is 0 Å². The number of methoxy groups -OCH3 is 1. The highest BCUT2D eigenvalue weighted by Crippen LogP contribution is 2.39. The highest BCUT2D eigenvalue weighted by molar-refractivity contribution is 9.10. The lowest BCUT2D eigenvalue weighted by Crippen LogP contribution is -2.13. The summed E-state index contributed by atoms with van der Waals surface area (Å²) in [5.41, 5.74) is -0.807. The monoisotopic (exact) mass is 360 g/mol. The number of rotatable bonds is 3. The van der Waals surface area contributed by atoms with Crippen molar-refractivity contribution in [1.29, 1.82) is 0 Å². The molecule has 112 valence electrons. The predicted molar refractivity (Wildman–Crippen MR) is 76.2 cm³/mol. The maximum atomic E-state index is 13.1. The van der Waals surface area contributed by atoms with Gasteiger partial charge in [0.1, 0.15) is 11.9 Å². The van der Waals surface area contributed by atoms with E-state index >= 15 is 0 Å². The van der Waals surface area contributed by atoms with E-state index in [9.17, 15) is 18.3 Å². The smallest absolute Gasteiger partial charge is 0.416 e. The molecule has 21 heavy (non-hydrogen) atoms. The minimum absolute atomic E-state index is 0.213. The van der Waals surface area contributed by atoms with Gasteiger partial charge in [-0.2, -0.15) is 13.2 Å². The van der Waals surface area contributed by atoms with Crippen LogP contribution in [0.25, 0.3) is 0 Å². The zero-order chi connectivity index (χ0) is 15.6. The molecule has 0 aliphatic carbocycles. The standard InChI is InChI=1S/C15H12BrF3O2/c1-21-13-5-3-2-4-11(13)14(20)10-7-6-9(16)8-12(10)15(17,18)19/h2-8,14,20H,1H3. The van der Waals surface area contributed by atoms with E-state index in [0.717, 1.165) is 6.07 Å². The van der Waals surface area contributed by atoms with Gasteiger partial charge in [0.05, 0.1) is 12.7 Å². The maximum absolute atomic E-state index is 13.1. The van der Waals surface area contributed by atoms with Crippen LogP contribution in [0.5, 0.6) is 5.75 Å². The van der Waals surface area contributed by atoms with Crippen LogP contribution in [-0.2, 0) is 6.18 Å². The van der Waals surface area contributed by atoms with Crippen LogP contribution in [0.1, 0.15) is 22.8 Å². The molecule has 2 rings (SSSR count). The average molecular weight is 361 g/mol. The first-order chi connectivity index (χ1) is 9.84. The van der Waals surface area contributed by atoms with E-state index in [1.165, 1.54) is 25.3 Å². The van der Waals surface area contributed by atoms with Gasteiger partial charge in [-0.3, -0.25) is 0 Å². The van der Waals surface area contributed by atoms with Crippen LogP contribution in [0.4, 0.5) is 13.2 Å². The molecule has 0 saturated heterocycles. The number of hydrogen-bond acceptors (Lipinski definition) is 2. The quantitative estimate of drug-likeness (QED) is 0.869. The van der Waals surface area contributed by atoms with Gasteiger partial charge in [0.25, 0.3) is 0 Å². The number of alkyl halides is 3. The fourth-order valence-electron chi connectivity index (χ4n) is 2.07. The molecule has 0 aromatic heterocycles. The lowest BCUT2D eigenvalue weighted by atomic mass is 9.96. The van der Waals surface area contributed by atoms with E-state index in [2.05, 4.69) is 15.9 Å². The number of para-hydroxylation sites is 1. The van der Waals surface area contributed by atoms with Crippen LogP contribution in [0, 0.1) is 0 Å². The van der Waals surface area contributed by atoms with Crippen molar-refractivity contribution in [2.75, 3.05) is 7.11 Å². The minimum Gasteiger partial charge on any atom is -0.496 e. The normalized spacial score (nSPS) is 13.0.